The lowest BCUT2D eigenvalue weighted by Gasteiger charge is -2.01. The molecule has 4 nitrogen and oxygen atoms in total. The fraction of sp³-hybridized carbons (Fsp3) is 0.778. The van der Waals surface area contributed by atoms with E-state index in [4.69, 9.17) is 5.11 Å². The molecule has 0 amide bonds. The Balaban J connectivity index is 0. The van der Waals surface area contributed by atoms with Gasteiger partial charge in [0.15, 0.2) is 0 Å². The van der Waals surface area contributed by atoms with E-state index in [-0.39, 0.29) is 18.0 Å². The van der Waals surface area contributed by atoms with Crippen molar-refractivity contribution in [2.45, 2.75) is 40.7 Å². The molecule has 0 saturated heterocycles. The summed E-state index contributed by atoms with van der Waals surface area (Å²) in [5.41, 5.74) is 0. The quantitative estimate of drug-likeness (QED) is 0.673. The minimum atomic E-state index is -0.741. The molecular weight excluding hydrogens is 172 g/mol. The summed E-state index contributed by atoms with van der Waals surface area (Å²) < 4.78 is 4.61. The highest BCUT2D eigenvalue weighted by Gasteiger charge is 1.99. The fourth-order valence-electron chi connectivity index (χ4n) is 0.332. The Morgan fingerprint density at radius 1 is 1.15 bits per heavy atom. The normalized spacial score (nSPS) is 9.15. The highest BCUT2D eigenvalue weighted by molar-refractivity contribution is 5.68. The van der Waals surface area contributed by atoms with Gasteiger partial charge in [-0.3, -0.25) is 9.59 Å². The highest BCUT2D eigenvalue weighted by atomic mass is 16.5. The maximum atomic E-state index is 10.0. The Labute approximate surface area is 78.9 Å². The molecule has 0 rings (SSSR count). The molecule has 0 aromatic heterocycles. The van der Waals surface area contributed by atoms with Gasteiger partial charge in [0, 0.05) is 6.92 Å². The zero-order valence-electron chi connectivity index (χ0n) is 8.83. The molecule has 13 heavy (non-hydrogen) atoms. The maximum Gasteiger partial charge on any atom is 0.305 e. The Bertz CT molecular complexity index is 161. The van der Waals surface area contributed by atoms with E-state index in [1.807, 2.05) is 13.8 Å². The van der Waals surface area contributed by atoms with Gasteiger partial charge < -0.3 is 9.84 Å². The predicted octanol–water partition coefficient (Wildman–Crippen LogP) is 1.68. The van der Waals surface area contributed by atoms with Crippen LogP contribution in [0.25, 0.3) is 0 Å². The van der Waals surface area contributed by atoms with E-state index in [9.17, 15) is 9.59 Å². The van der Waals surface area contributed by atoms with E-state index in [2.05, 4.69) is 4.74 Å². The molecule has 0 unspecified atom stereocenters. The minimum absolute atomic E-state index is 0.0255. The first-order chi connectivity index (χ1) is 5.77. The zero-order chi connectivity index (χ0) is 11.0. The predicted molar refractivity (Wildman–Crippen MR) is 49.4 cm³/mol. The number of carbonyl (C=O) groups is 2. The summed E-state index contributed by atoms with van der Waals surface area (Å²) in [4.78, 5) is 19.7. The second-order valence-corrected chi connectivity index (χ2v) is 3.15. The average molecular weight is 190 g/mol. The fourth-order valence-corrected chi connectivity index (χ4v) is 0.332. The molecule has 1 N–H and O–H groups in total. The smallest absolute Gasteiger partial charge is 0.305 e. The molecule has 0 bridgehead atoms. The average Bonchev–Trinajstić information content (AvgIpc) is 1.84. The van der Waals surface area contributed by atoms with E-state index >= 15 is 0 Å². The Morgan fingerprint density at radius 2 is 1.46 bits per heavy atom. The number of ether oxygens (including phenoxy) is 1. The van der Waals surface area contributed by atoms with Crippen LogP contribution in [0, 0.1) is 5.92 Å². The van der Waals surface area contributed by atoms with Crippen molar-refractivity contribution in [2.24, 2.45) is 5.92 Å². The summed E-state index contributed by atoms with van der Waals surface area (Å²) in [5, 5.41) is 7.99. The van der Waals surface area contributed by atoms with Gasteiger partial charge in [0.1, 0.15) is 0 Å². The van der Waals surface area contributed by atoms with Crippen LogP contribution in [0.4, 0.5) is 0 Å². The summed E-state index contributed by atoms with van der Waals surface area (Å²) in [7, 11) is 0. The van der Waals surface area contributed by atoms with Gasteiger partial charge in [0.2, 0.25) is 0 Å². The lowest BCUT2D eigenvalue weighted by Crippen LogP contribution is -2.06. The number of carbonyl (C=O) groups excluding carboxylic acids is 1. The van der Waals surface area contributed by atoms with Gasteiger partial charge in [-0.05, 0) is 13.8 Å². The second-order valence-electron chi connectivity index (χ2n) is 3.15. The third-order valence-electron chi connectivity index (χ3n) is 0.896. The molecule has 0 aliphatic heterocycles. The van der Waals surface area contributed by atoms with Gasteiger partial charge >= 0.3 is 11.9 Å². The molecule has 0 aromatic rings. The monoisotopic (exact) mass is 190 g/mol. The molecule has 0 heterocycles. The molecule has 0 aliphatic carbocycles. The number of hydrogen-bond donors (Lipinski definition) is 1. The Hall–Kier alpha value is -1.06. The lowest BCUT2D eigenvalue weighted by atomic mass is 10.2. The Morgan fingerprint density at radius 3 is 1.46 bits per heavy atom. The molecule has 0 aromatic carbocycles. The molecular formula is C9H18O4. The molecule has 0 fully saturated rings. The number of rotatable bonds is 2. The van der Waals surface area contributed by atoms with Crippen molar-refractivity contribution < 1.29 is 19.4 Å². The Kier molecular flexibility index (Phi) is 8.44. The van der Waals surface area contributed by atoms with E-state index in [1.165, 1.54) is 6.92 Å². The van der Waals surface area contributed by atoms with Crippen LogP contribution in [0.15, 0.2) is 0 Å². The molecule has 4 heteroatoms. The molecule has 78 valence electrons. The number of aliphatic carboxylic acids is 1. The first kappa shape index (κ1) is 14.5. The van der Waals surface area contributed by atoms with E-state index in [0.717, 1.165) is 0 Å². The van der Waals surface area contributed by atoms with E-state index < -0.39 is 5.97 Å². The van der Waals surface area contributed by atoms with Crippen LogP contribution in [0.1, 0.15) is 34.6 Å². The van der Waals surface area contributed by atoms with Gasteiger partial charge in [-0.25, -0.2) is 0 Å². The van der Waals surface area contributed by atoms with Crippen molar-refractivity contribution in [2.75, 3.05) is 0 Å². The summed E-state index contributed by atoms with van der Waals surface area (Å²) in [6, 6.07) is 0. The standard InChI is InChI=1S/C5H10O2.C4H8O2/c1-4(2)7-5(3)6;1-3(2)4(5)6/h4H,1-3H3;3H,1-2H3,(H,5,6). The number of carboxylic acids is 1. The van der Waals surface area contributed by atoms with Crippen molar-refractivity contribution in [3.8, 4) is 0 Å². The van der Waals surface area contributed by atoms with Crippen molar-refractivity contribution in [3.63, 3.8) is 0 Å². The number of carboxylic acid groups (broad SMARTS) is 1. The third-order valence-corrected chi connectivity index (χ3v) is 0.896. The zero-order valence-corrected chi connectivity index (χ0v) is 8.83. The van der Waals surface area contributed by atoms with Gasteiger partial charge in [-0.15, -0.1) is 0 Å². The van der Waals surface area contributed by atoms with E-state index in [0.29, 0.717) is 0 Å². The third kappa shape index (κ3) is 18.2. The summed E-state index contributed by atoms with van der Waals surface area (Å²) >= 11 is 0. The van der Waals surface area contributed by atoms with Crippen LogP contribution in [-0.2, 0) is 14.3 Å². The number of esters is 1. The second kappa shape index (κ2) is 7.58. The first-order valence-corrected chi connectivity index (χ1v) is 4.17. The lowest BCUT2D eigenvalue weighted by molar-refractivity contribution is -0.144. The maximum absolute atomic E-state index is 10.0. The topological polar surface area (TPSA) is 63.6 Å². The summed E-state index contributed by atoms with van der Waals surface area (Å²) in [6.07, 6.45) is 0.0255. The minimum Gasteiger partial charge on any atom is -0.481 e. The van der Waals surface area contributed by atoms with Crippen molar-refractivity contribution in [1.82, 2.24) is 0 Å². The van der Waals surface area contributed by atoms with E-state index in [1.54, 1.807) is 13.8 Å². The molecule has 0 radical (unpaired) electrons. The van der Waals surface area contributed by atoms with Crippen molar-refractivity contribution >= 4 is 11.9 Å². The molecule has 0 aliphatic rings. The first-order valence-electron chi connectivity index (χ1n) is 4.17. The van der Waals surface area contributed by atoms with Crippen molar-refractivity contribution in [3.05, 3.63) is 0 Å². The highest BCUT2D eigenvalue weighted by Crippen LogP contribution is 1.87. The van der Waals surface area contributed by atoms with Gasteiger partial charge in [-0.2, -0.15) is 0 Å². The van der Waals surface area contributed by atoms with Gasteiger partial charge in [-0.1, -0.05) is 13.8 Å². The van der Waals surface area contributed by atoms with Crippen LogP contribution < -0.4 is 0 Å². The summed E-state index contributed by atoms with van der Waals surface area (Å²) in [5.74, 6) is -1.19. The molecule has 0 spiro atoms. The summed E-state index contributed by atoms with van der Waals surface area (Å²) in [6.45, 7) is 8.33. The van der Waals surface area contributed by atoms with Crippen LogP contribution in [0.3, 0.4) is 0 Å². The van der Waals surface area contributed by atoms with Gasteiger partial charge in [0.05, 0.1) is 12.0 Å². The molecule has 0 atom stereocenters. The van der Waals surface area contributed by atoms with Crippen LogP contribution in [0.2, 0.25) is 0 Å². The largest absolute Gasteiger partial charge is 0.481 e. The van der Waals surface area contributed by atoms with Crippen molar-refractivity contribution in [1.29, 1.82) is 0 Å². The SMILES string of the molecule is CC(=O)OC(C)C.CC(C)C(=O)O. The number of hydrogen-bond acceptors (Lipinski definition) is 3. The van der Waals surface area contributed by atoms with Crippen LogP contribution in [0.5, 0.6) is 0 Å². The van der Waals surface area contributed by atoms with Crippen LogP contribution >= 0.6 is 0 Å². The van der Waals surface area contributed by atoms with Gasteiger partial charge in [0.25, 0.3) is 0 Å². The van der Waals surface area contributed by atoms with Crippen LogP contribution in [-0.4, -0.2) is 23.1 Å². The molecule has 0 saturated carbocycles.